The van der Waals surface area contributed by atoms with E-state index in [4.69, 9.17) is 16.3 Å². The van der Waals surface area contributed by atoms with Crippen LogP contribution in [-0.4, -0.2) is 18.1 Å². The summed E-state index contributed by atoms with van der Waals surface area (Å²) in [6.45, 7) is 2.62. The molecule has 4 heteroatoms. The van der Waals surface area contributed by atoms with Gasteiger partial charge in [0, 0.05) is 23.5 Å². The molecule has 94 valence electrons. The maximum atomic E-state index is 13.5. The van der Waals surface area contributed by atoms with E-state index < -0.39 is 11.6 Å². The van der Waals surface area contributed by atoms with E-state index in [0.717, 1.165) is 6.42 Å². The highest BCUT2D eigenvalue weighted by Crippen LogP contribution is 2.30. The second-order valence-corrected chi connectivity index (χ2v) is 5.01. The van der Waals surface area contributed by atoms with Gasteiger partial charge in [-0.05, 0) is 31.9 Å². The minimum absolute atomic E-state index is 0.0623. The van der Waals surface area contributed by atoms with E-state index >= 15 is 0 Å². The predicted molar refractivity (Wildman–Crippen MR) is 63.2 cm³/mol. The van der Waals surface area contributed by atoms with Crippen LogP contribution in [0.25, 0.3) is 0 Å². The monoisotopic (exact) mass is 260 g/mol. The maximum absolute atomic E-state index is 13.5. The van der Waals surface area contributed by atoms with Gasteiger partial charge in [0.1, 0.15) is 11.6 Å². The average molecular weight is 261 g/mol. The van der Waals surface area contributed by atoms with Gasteiger partial charge >= 0.3 is 0 Å². The van der Waals surface area contributed by atoms with E-state index in [1.54, 1.807) is 0 Å². The summed E-state index contributed by atoms with van der Waals surface area (Å²) in [6, 6.07) is 3.88. The molecule has 0 saturated carbocycles. The molecule has 3 atom stereocenters. The molecule has 17 heavy (non-hydrogen) atoms. The molecule has 0 aliphatic carbocycles. The molecule has 1 aromatic rings. The molecule has 0 N–H and O–H groups in total. The van der Waals surface area contributed by atoms with Crippen LogP contribution in [0.5, 0.6) is 0 Å². The summed E-state index contributed by atoms with van der Waals surface area (Å²) in [7, 11) is 0. The van der Waals surface area contributed by atoms with E-state index in [0.29, 0.717) is 6.61 Å². The highest BCUT2D eigenvalue weighted by molar-refractivity contribution is 6.21. The first-order valence-electron chi connectivity index (χ1n) is 5.78. The normalized spacial score (nSPS) is 26.1. The molecule has 0 aromatic heterocycles. The largest absolute Gasteiger partial charge is 0.378 e. The summed E-state index contributed by atoms with van der Waals surface area (Å²) in [5.41, 5.74) is 0.0756. The van der Waals surface area contributed by atoms with Crippen LogP contribution >= 0.6 is 11.6 Å². The van der Waals surface area contributed by atoms with Crippen LogP contribution < -0.4 is 0 Å². The molecule has 0 radical (unpaired) electrons. The van der Waals surface area contributed by atoms with Crippen molar-refractivity contribution in [3.63, 3.8) is 0 Å². The third kappa shape index (κ3) is 2.78. The summed E-state index contributed by atoms with van der Waals surface area (Å²) >= 11 is 6.25. The fraction of sp³-hybridized carbons (Fsp3) is 0.538. The Hall–Kier alpha value is -0.670. The molecule has 1 fully saturated rings. The lowest BCUT2D eigenvalue weighted by Gasteiger charge is -2.20. The van der Waals surface area contributed by atoms with Crippen molar-refractivity contribution in [2.45, 2.75) is 31.2 Å². The van der Waals surface area contributed by atoms with E-state index in [2.05, 4.69) is 0 Å². The standard InChI is InChI=1S/C13H15ClF2O/c1-8-9(5-6-17-8)11(14)7-10-12(15)3-2-4-13(10)16/h2-4,8-9,11H,5-7H2,1H3. The molecule has 2 rings (SSSR count). The first-order valence-corrected chi connectivity index (χ1v) is 6.22. The quantitative estimate of drug-likeness (QED) is 0.756. The summed E-state index contributed by atoms with van der Waals surface area (Å²) < 4.78 is 32.3. The zero-order valence-electron chi connectivity index (χ0n) is 9.63. The Morgan fingerprint density at radius 2 is 2.06 bits per heavy atom. The van der Waals surface area contributed by atoms with Crippen molar-refractivity contribution in [2.24, 2.45) is 5.92 Å². The van der Waals surface area contributed by atoms with Gasteiger partial charge in [-0.1, -0.05) is 6.07 Å². The Morgan fingerprint density at radius 3 is 2.59 bits per heavy atom. The van der Waals surface area contributed by atoms with E-state index in [1.807, 2.05) is 6.92 Å². The lowest BCUT2D eigenvalue weighted by atomic mass is 9.93. The van der Waals surface area contributed by atoms with Gasteiger partial charge < -0.3 is 4.74 Å². The van der Waals surface area contributed by atoms with Crippen LogP contribution in [0.3, 0.4) is 0 Å². The number of rotatable bonds is 3. The van der Waals surface area contributed by atoms with Crippen LogP contribution in [0, 0.1) is 17.6 Å². The predicted octanol–water partition coefficient (Wildman–Crippen LogP) is 3.54. The average Bonchev–Trinajstić information content (AvgIpc) is 2.70. The van der Waals surface area contributed by atoms with Crippen LogP contribution in [0.2, 0.25) is 0 Å². The Balaban J connectivity index is 2.10. The Labute approximate surface area is 105 Å². The third-order valence-corrected chi connectivity index (χ3v) is 3.84. The third-order valence-electron chi connectivity index (χ3n) is 3.36. The van der Waals surface area contributed by atoms with E-state index in [1.165, 1.54) is 18.2 Å². The van der Waals surface area contributed by atoms with Crippen molar-refractivity contribution in [2.75, 3.05) is 6.61 Å². The summed E-state index contributed by atoms with van der Waals surface area (Å²) in [5.74, 6) is -0.889. The van der Waals surface area contributed by atoms with Gasteiger partial charge in [0.2, 0.25) is 0 Å². The van der Waals surface area contributed by atoms with Crippen molar-refractivity contribution < 1.29 is 13.5 Å². The van der Waals surface area contributed by atoms with Crippen molar-refractivity contribution >= 4 is 11.6 Å². The maximum Gasteiger partial charge on any atom is 0.129 e. The smallest absolute Gasteiger partial charge is 0.129 e. The zero-order valence-corrected chi connectivity index (χ0v) is 10.4. The molecule has 1 aliphatic heterocycles. The molecule has 1 saturated heterocycles. The van der Waals surface area contributed by atoms with Gasteiger partial charge in [0.25, 0.3) is 0 Å². The minimum Gasteiger partial charge on any atom is -0.378 e. The SMILES string of the molecule is CC1OCCC1C(Cl)Cc1c(F)cccc1F. The Bertz CT molecular complexity index is 377. The van der Waals surface area contributed by atoms with Gasteiger partial charge in [-0.15, -0.1) is 11.6 Å². The zero-order chi connectivity index (χ0) is 12.4. The number of hydrogen-bond donors (Lipinski definition) is 0. The number of alkyl halides is 1. The fourth-order valence-electron chi connectivity index (χ4n) is 2.30. The lowest BCUT2D eigenvalue weighted by Crippen LogP contribution is -2.24. The van der Waals surface area contributed by atoms with Crippen molar-refractivity contribution in [1.82, 2.24) is 0 Å². The van der Waals surface area contributed by atoms with Crippen LogP contribution in [0.1, 0.15) is 18.9 Å². The van der Waals surface area contributed by atoms with Gasteiger partial charge in [0.15, 0.2) is 0 Å². The lowest BCUT2D eigenvalue weighted by molar-refractivity contribution is 0.104. The summed E-state index contributed by atoms with van der Waals surface area (Å²) in [5, 5.41) is -0.293. The highest BCUT2D eigenvalue weighted by Gasteiger charge is 2.31. The molecular weight excluding hydrogens is 246 g/mol. The number of hydrogen-bond acceptors (Lipinski definition) is 1. The number of benzene rings is 1. The van der Waals surface area contributed by atoms with Crippen molar-refractivity contribution in [3.8, 4) is 0 Å². The van der Waals surface area contributed by atoms with Gasteiger partial charge in [-0.3, -0.25) is 0 Å². The number of ether oxygens (including phenoxy) is 1. The van der Waals surface area contributed by atoms with Crippen LogP contribution in [0.15, 0.2) is 18.2 Å². The first kappa shape index (κ1) is 12.8. The molecule has 0 bridgehead atoms. The van der Waals surface area contributed by atoms with Gasteiger partial charge in [-0.2, -0.15) is 0 Å². The molecule has 1 aromatic carbocycles. The second kappa shape index (κ2) is 5.32. The van der Waals surface area contributed by atoms with Gasteiger partial charge in [0.05, 0.1) is 6.10 Å². The summed E-state index contributed by atoms with van der Waals surface area (Å²) in [6.07, 6.45) is 1.12. The van der Waals surface area contributed by atoms with E-state index in [-0.39, 0.29) is 29.4 Å². The molecule has 1 nitrogen and oxygen atoms in total. The van der Waals surface area contributed by atoms with Crippen molar-refractivity contribution in [3.05, 3.63) is 35.4 Å². The minimum atomic E-state index is -0.526. The molecular formula is C13H15ClF2O. The topological polar surface area (TPSA) is 9.23 Å². The molecule has 0 amide bonds. The Morgan fingerprint density at radius 1 is 1.41 bits per heavy atom. The van der Waals surface area contributed by atoms with Crippen LogP contribution in [-0.2, 0) is 11.2 Å². The molecule has 1 aliphatic rings. The highest BCUT2D eigenvalue weighted by atomic mass is 35.5. The molecule has 1 heterocycles. The van der Waals surface area contributed by atoms with E-state index in [9.17, 15) is 8.78 Å². The summed E-state index contributed by atoms with van der Waals surface area (Å²) in [4.78, 5) is 0. The number of halogens is 3. The van der Waals surface area contributed by atoms with Crippen molar-refractivity contribution in [1.29, 1.82) is 0 Å². The first-order chi connectivity index (χ1) is 8.09. The fourth-order valence-corrected chi connectivity index (χ4v) is 2.78. The Kier molecular flexibility index (Phi) is 4.00. The molecule has 3 unspecified atom stereocenters. The second-order valence-electron chi connectivity index (χ2n) is 4.45. The van der Waals surface area contributed by atoms with Crippen LogP contribution in [0.4, 0.5) is 8.78 Å². The van der Waals surface area contributed by atoms with Gasteiger partial charge in [-0.25, -0.2) is 8.78 Å². The molecule has 0 spiro atoms.